The lowest BCUT2D eigenvalue weighted by Crippen LogP contribution is -2.56. The summed E-state index contributed by atoms with van der Waals surface area (Å²) < 4.78 is 0. The van der Waals surface area contributed by atoms with Crippen molar-refractivity contribution in [1.82, 2.24) is 10.2 Å². The van der Waals surface area contributed by atoms with Crippen molar-refractivity contribution in [3.05, 3.63) is 12.7 Å². The highest BCUT2D eigenvalue weighted by atomic mass is 15.2. The molecule has 13 heavy (non-hydrogen) atoms. The van der Waals surface area contributed by atoms with Gasteiger partial charge in [0.15, 0.2) is 0 Å². The minimum atomic E-state index is 0.646. The average Bonchev–Trinajstić information content (AvgIpc) is 2.08. The fourth-order valence-electron chi connectivity index (χ4n) is 1.81. The van der Waals surface area contributed by atoms with E-state index in [1.54, 1.807) is 0 Å². The Bertz CT molecular complexity index is 165. The van der Waals surface area contributed by atoms with Crippen LogP contribution in [-0.2, 0) is 0 Å². The number of piperazine rings is 1. The first-order chi connectivity index (χ1) is 6.15. The molecule has 0 spiro atoms. The molecule has 1 rings (SSSR count). The van der Waals surface area contributed by atoms with Gasteiger partial charge in [-0.15, -0.1) is 6.58 Å². The van der Waals surface area contributed by atoms with Gasteiger partial charge in [-0.1, -0.05) is 19.9 Å². The van der Waals surface area contributed by atoms with E-state index in [4.69, 9.17) is 0 Å². The molecule has 1 aliphatic rings. The average molecular weight is 182 g/mol. The van der Waals surface area contributed by atoms with Crippen LogP contribution < -0.4 is 5.32 Å². The first kappa shape index (κ1) is 10.7. The highest BCUT2D eigenvalue weighted by molar-refractivity contribution is 4.88. The van der Waals surface area contributed by atoms with E-state index in [1.165, 1.54) is 0 Å². The van der Waals surface area contributed by atoms with Gasteiger partial charge >= 0.3 is 0 Å². The van der Waals surface area contributed by atoms with E-state index in [-0.39, 0.29) is 0 Å². The summed E-state index contributed by atoms with van der Waals surface area (Å²) in [5.41, 5.74) is 0. The molecule has 0 radical (unpaired) electrons. The van der Waals surface area contributed by atoms with E-state index in [1.807, 2.05) is 6.08 Å². The van der Waals surface area contributed by atoms with Crippen molar-refractivity contribution in [2.75, 3.05) is 19.6 Å². The minimum Gasteiger partial charge on any atom is -0.311 e. The SMILES string of the molecule is C=CCN1CC(C(C)C)NCC1C. The maximum atomic E-state index is 3.80. The number of nitrogens with zero attached hydrogens (tertiary/aromatic N) is 1. The van der Waals surface area contributed by atoms with E-state index in [9.17, 15) is 0 Å². The Hall–Kier alpha value is -0.340. The molecule has 1 fully saturated rings. The first-order valence-electron chi connectivity index (χ1n) is 5.23. The highest BCUT2D eigenvalue weighted by Crippen LogP contribution is 2.11. The molecule has 1 N–H and O–H groups in total. The van der Waals surface area contributed by atoms with Crippen LogP contribution in [0.1, 0.15) is 20.8 Å². The molecule has 76 valence electrons. The summed E-state index contributed by atoms with van der Waals surface area (Å²) in [6, 6.07) is 1.30. The molecular weight excluding hydrogens is 160 g/mol. The van der Waals surface area contributed by atoms with Crippen molar-refractivity contribution in [3.63, 3.8) is 0 Å². The third-order valence-electron chi connectivity index (χ3n) is 2.90. The van der Waals surface area contributed by atoms with Gasteiger partial charge in [0.1, 0.15) is 0 Å². The Morgan fingerprint density at radius 2 is 2.31 bits per heavy atom. The molecule has 1 aliphatic heterocycles. The summed E-state index contributed by atoms with van der Waals surface area (Å²) in [5, 5.41) is 3.58. The van der Waals surface area contributed by atoms with Gasteiger partial charge in [-0.2, -0.15) is 0 Å². The normalized spacial score (nSPS) is 30.8. The molecule has 0 aromatic rings. The van der Waals surface area contributed by atoms with Crippen molar-refractivity contribution >= 4 is 0 Å². The summed E-state index contributed by atoms with van der Waals surface area (Å²) >= 11 is 0. The largest absolute Gasteiger partial charge is 0.311 e. The van der Waals surface area contributed by atoms with Crippen LogP contribution in [0.4, 0.5) is 0 Å². The van der Waals surface area contributed by atoms with Gasteiger partial charge in [-0.3, -0.25) is 4.90 Å². The first-order valence-corrected chi connectivity index (χ1v) is 5.23. The van der Waals surface area contributed by atoms with Gasteiger partial charge in [0.05, 0.1) is 0 Å². The van der Waals surface area contributed by atoms with Crippen LogP contribution >= 0.6 is 0 Å². The van der Waals surface area contributed by atoms with Crippen LogP contribution in [0.25, 0.3) is 0 Å². The molecule has 0 saturated carbocycles. The summed E-state index contributed by atoms with van der Waals surface area (Å²) in [7, 11) is 0. The number of rotatable bonds is 3. The lowest BCUT2D eigenvalue weighted by atomic mass is 10.00. The van der Waals surface area contributed by atoms with Crippen molar-refractivity contribution in [1.29, 1.82) is 0 Å². The summed E-state index contributed by atoms with van der Waals surface area (Å²) in [6.07, 6.45) is 2.00. The van der Waals surface area contributed by atoms with E-state index in [0.717, 1.165) is 25.6 Å². The number of hydrogen-bond donors (Lipinski definition) is 1. The van der Waals surface area contributed by atoms with Crippen LogP contribution in [0.3, 0.4) is 0 Å². The summed E-state index contributed by atoms with van der Waals surface area (Å²) in [5.74, 6) is 0.722. The fraction of sp³-hybridized carbons (Fsp3) is 0.818. The maximum absolute atomic E-state index is 3.80. The van der Waals surface area contributed by atoms with E-state index >= 15 is 0 Å². The van der Waals surface area contributed by atoms with Crippen LogP contribution in [0.15, 0.2) is 12.7 Å². The maximum Gasteiger partial charge on any atom is 0.0218 e. The molecule has 0 aliphatic carbocycles. The van der Waals surface area contributed by atoms with Gasteiger partial charge in [-0.25, -0.2) is 0 Å². The van der Waals surface area contributed by atoms with E-state index in [2.05, 4.69) is 37.6 Å². The van der Waals surface area contributed by atoms with Crippen LogP contribution in [0.2, 0.25) is 0 Å². The lowest BCUT2D eigenvalue weighted by Gasteiger charge is -2.39. The quantitative estimate of drug-likeness (QED) is 0.665. The molecule has 0 bridgehead atoms. The Labute approximate surface area is 82.0 Å². The molecule has 2 nitrogen and oxygen atoms in total. The van der Waals surface area contributed by atoms with Gasteiger partial charge in [0, 0.05) is 31.7 Å². The zero-order valence-electron chi connectivity index (χ0n) is 9.09. The summed E-state index contributed by atoms with van der Waals surface area (Å²) in [4.78, 5) is 2.49. The number of nitrogens with one attached hydrogen (secondary N) is 1. The third-order valence-corrected chi connectivity index (χ3v) is 2.90. The van der Waals surface area contributed by atoms with Crippen molar-refractivity contribution < 1.29 is 0 Å². The molecule has 1 saturated heterocycles. The van der Waals surface area contributed by atoms with Crippen LogP contribution in [0.5, 0.6) is 0 Å². The monoisotopic (exact) mass is 182 g/mol. The van der Waals surface area contributed by atoms with Crippen LogP contribution in [-0.4, -0.2) is 36.6 Å². The topological polar surface area (TPSA) is 15.3 Å². The lowest BCUT2D eigenvalue weighted by molar-refractivity contribution is 0.137. The second-order valence-corrected chi connectivity index (χ2v) is 4.35. The Morgan fingerprint density at radius 1 is 1.62 bits per heavy atom. The second-order valence-electron chi connectivity index (χ2n) is 4.35. The molecule has 1 heterocycles. The molecule has 2 atom stereocenters. The molecule has 2 heteroatoms. The highest BCUT2D eigenvalue weighted by Gasteiger charge is 2.25. The zero-order chi connectivity index (χ0) is 9.84. The Kier molecular flexibility index (Phi) is 3.94. The van der Waals surface area contributed by atoms with Crippen molar-refractivity contribution in [2.24, 2.45) is 5.92 Å². The number of hydrogen-bond acceptors (Lipinski definition) is 2. The molecule has 0 aromatic heterocycles. The third kappa shape index (κ3) is 2.82. The van der Waals surface area contributed by atoms with Crippen molar-refractivity contribution in [2.45, 2.75) is 32.9 Å². The van der Waals surface area contributed by atoms with E-state index in [0.29, 0.717) is 12.1 Å². The van der Waals surface area contributed by atoms with Crippen molar-refractivity contribution in [3.8, 4) is 0 Å². The van der Waals surface area contributed by atoms with E-state index < -0.39 is 0 Å². The smallest absolute Gasteiger partial charge is 0.0218 e. The molecule has 0 amide bonds. The summed E-state index contributed by atoms with van der Waals surface area (Å²) in [6.45, 7) is 13.9. The predicted octanol–water partition coefficient (Wildman–Crippen LogP) is 1.49. The fourth-order valence-corrected chi connectivity index (χ4v) is 1.81. The molecular formula is C11H22N2. The minimum absolute atomic E-state index is 0.646. The molecule has 2 unspecified atom stereocenters. The van der Waals surface area contributed by atoms with Gasteiger partial charge in [0.2, 0.25) is 0 Å². The second kappa shape index (κ2) is 4.77. The van der Waals surface area contributed by atoms with Gasteiger partial charge in [-0.05, 0) is 12.8 Å². The molecule has 0 aromatic carbocycles. The van der Waals surface area contributed by atoms with Gasteiger partial charge in [0.25, 0.3) is 0 Å². The standard InChI is InChI=1S/C11H22N2/c1-5-6-13-8-11(9(2)3)12-7-10(13)4/h5,9-12H,1,6-8H2,2-4H3. The Balaban J connectivity index is 2.47. The Morgan fingerprint density at radius 3 is 2.85 bits per heavy atom. The predicted molar refractivity (Wildman–Crippen MR) is 57.9 cm³/mol. The van der Waals surface area contributed by atoms with Gasteiger partial charge < -0.3 is 5.32 Å². The van der Waals surface area contributed by atoms with Crippen LogP contribution in [0, 0.1) is 5.92 Å². The zero-order valence-corrected chi connectivity index (χ0v) is 9.09.